The van der Waals surface area contributed by atoms with Crippen molar-refractivity contribution in [3.63, 3.8) is 0 Å². The lowest BCUT2D eigenvalue weighted by atomic mass is 10.1. The van der Waals surface area contributed by atoms with E-state index in [-0.39, 0.29) is 5.91 Å². The lowest BCUT2D eigenvalue weighted by Crippen LogP contribution is -2.14. The fourth-order valence-electron chi connectivity index (χ4n) is 2.39. The zero-order valence-electron chi connectivity index (χ0n) is 14.4. The summed E-state index contributed by atoms with van der Waals surface area (Å²) in [6.07, 6.45) is 2.41. The van der Waals surface area contributed by atoms with Crippen LogP contribution < -0.4 is 5.32 Å². The average Bonchev–Trinajstić information content (AvgIpc) is 2.97. The molecule has 2 aromatic carbocycles. The third-order valence-corrected chi connectivity index (χ3v) is 6.18. The van der Waals surface area contributed by atoms with Gasteiger partial charge in [0, 0.05) is 15.0 Å². The Hall–Kier alpha value is -1.50. The van der Waals surface area contributed by atoms with E-state index in [4.69, 9.17) is 0 Å². The molecule has 3 rings (SSSR count). The fourth-order valence-corrected chi connectivity index (χ4v) is 4.67. The van der Waals surface area contributed by atoms with Gasteiger partial charge in [-0.1, -0.05) is 37.3 Å². The van der Waals surface area contributed by atoms with Crippen LogP contribution in [0.3, 0.4) is 0 Å². The van der Waals surface area contributed by atoms with Gasteiger partial charge in [0.15, 0.2) is 5.13 Å². The van der Waals surface area contributed by atoms with E-state index >= 15 is 0 Å². The molecule has 0 fully saturated rings. The predicted molar refractivity (Wildman–Crippen MR) is 111 cm³/mol. The first kappa shape index (κ1) is 18.3. The lowest BCUT2D eigenvalue weighted by Gasteiger charge is -2.06. The fraction of sp³-hybridized carbons (Fsp3) is 0.263. The molecule has 0 aliphatic heterocycles. The monoisotopic (exact) mass is 388 g/mol. The molecule has 6 heteroatoms. The molecule has 0 radical (unpaired) electrons. The molecular weight excluding hydrogens is 368 g/mol. The lowest BCUT2D eigenvalue weighted by molar-refractivity contribution is -0.115. The van der Waals surface area contributed by atoms with Gasteiger partial charge >= 0.3 is 0 Å². The summed E-state index contributed by atoms with van der Waals surface area (Å²) in [7, 11) is 0. The van der Waals surface area contributed by atoms with Crippen molar-refractivity contribution in [2.75, 3.05) is 11.6 Å². The summed E-state index contributed by atoms with van der Waals surface area (Å²) in [4.78, 5) is 19.2. The van der Waals surface area contributed by atoms with E-state index in [1.54, 1.807) is 11.8 Å². The summed E-state index contributed by atoms with van der Waals surface area (Å²) in [6, 6.07) is 14.4. The van der Waals surface area contributed by atoms with Gasteiger partial charge in [-0.3, -0.25) is 4.79 Å². The van der Waals surface area contributed by atoms with Gasteiger partial charge in [0.1, 0.15) is 0 Å². The van der Waals surface area contributed by atoms with Crippen molar-refractivity contribution in [1.82, 2.24) is 4.98 Å². The Bertz CT molecular complexity index is 872. The molecule has 0 spiro atoms. The molecule has 1 amide bonds. The van der Waals surface area contributed by atoms with E-state index in [0.717, 1.165) is 15.8 Å². The molecule has 1 N–H and O–H groups in total. The van der Waals surface area contributed by atoms with Crippen LogP contribution in [0.15, 0.2) is 52.3 Å². The zero-order chi connectivity index (χ0) is 17.8. The number of carbonyl (C=O) groups excluding carboxylic acids is 1. The van der Waals surface area contributed by atoms with Gasteiger partial charge in [0.25, 0.3) is 0 Å². The Morgan fingerprint density at radius 1 is 1.16 bits per heavy atom. The second kappa shape index (κ2) is 8.25. The number of thiazole rings is 1. The number of aromatic nitrogens is 1. The summed E-state index contributed by atoms with van der Waals surface area (Å²) in [6.45, 7) is 4.35. The van der Waals surface area contributed by atoms with E-state index in [9.17, 15) is 4.79 Å². The second-order valence-electron chi connectivity index (χ2n) is 5.89. The largest absolute Gasteiger partial charge is 0.302 e. The van der Waals surface area contributed by atoms with Gasteiger partial charge in [-0.2, -0.15) is 0 Å². The van der Waals surface area contributed by atoms with Crippen molar-refractivity contribution in [3.05, 3.63) is 48.0 Å². The number of rotatable bonds is 6. The van der Waals surface area contributed by atoms with Crippen LogP contribution in [0.1, 0.15) is 19.4 Å². The highest BCUT2D eigenvalue weighted by atomic mass is 32.2. The molecule has 0 saturated heterocycles. The minimum Gasteiger partial charge on any atom is -0.302 e. The zero-order valence-corrected chi connectivity index (χ0v) is 16.9. The Balaban J connectivity index is 1.64. The molecule has 1 heterocycles. The van der Waals surface area contributed by atoms with Crippen LogP contribution in [0.4, 0.5) is 5.13 Å². The summed E-state index contributed by atoms with van der Waals surface area (Å²) in [5.41, 5.74) is 1.93. The van der Waals surface area contributed by atoms with Gasteiger partial charge < -0.3 is 5.32 Å². The van der Waals surface area contributed by atoms with Gasteiger partial charge in [-0.25, -0.2) is 4.98 Å². The van der Waals surface area contributed by atoms with E-state index in [0.29, 0.717) is 16.8 Å². The quantitative estimate of drug-likeness (QED) is 0.550. The van der Waals surface area contributed by atoms with Crippen LogP contribution >= 0.6 is 34.9 Å². The Labute approximate surface area is 160 Å². The second-order valence-corrected chi connectivity index (χ2v) is 9.45. The first-order chi connectivity index (χ1) is 12.0. The van der Waals surface area contributed by atoms with Crippen LogP contribution in [-0.2, 0) is 11.2 Å². The smallest absolute Gasteiger partial charge is 0.230 e. The molecule has 1 aromatic heterocycles. The highest BCUT2D eigenvalue weighted by Crippen LogP contribution is 2.29. The molecule has 3 nitrogen and oxygen atoms in total. The number of amides is 1. The molecular formula is C19H20N2OS3. The van der Waals surface area contributed by atoms with Crippen LogP contribution in [0.5, 0.6) is 0 Å². The number of nitrogens with one attached hydrogen (secondary N) is 1. The summed E-state index contributed by atoms with van der Waals surface area (Å²) in [5, 5.41) is 4.13. The van der Waals surface area contributed by atoms with Gasteiger partial charge in [-0.05, 0) is 42.2 Å². The SMILES string of the molecule is CSc1ccc2nc(NC(=O)Cc3ccc(SC(C)C)cc3)sc2c1. The van der Waals surface area contributed by atoms with Crippen LogP contribution in [0, 0.1) is 0 Å². The van der Waals surface area contributed by atoms with E-state index in [1.807, 2.05) is 30.0 Å². The minimum atomic E-state index is -0.0339. The molecule has 0 aliphatic carbocycles. The van der Waals surface area contributed by atoms with Gasteiger partial charge in [0.05, 0.1) is 16.6 Å². The Morgan fingerprint density at radius 3 is 2.56 bits per heavy atom. The molecule has 25 heavy (non-hydrogen) atoms. The number of nitrogens with zero attached hydrogens (tertiary/aromatic N) is 1. The predicted octanol–water partition coefficient (Wildman–Crippen LogP) is 5.70. The number of thioether (sulfide) groups is 2. The van der Waals surface area contributed by atoms with E-state index in [1.165, 1.54) is 21.1 Å². The first-order valence-corrected chi connectivity index (χ1v) is 11.0. The van der Waals surface area contributed by atoms with E-state index in [2.05, 4.69) is 54.7 Å². The standard InChI is InChI=1S/C19H20N2OS3/c1-12(2)24-14-6-4-13(5-7-14)10-18(22)21-19-20-16-9-8-15(23-3)11-17(16)25-19/h4-9,11-12H,10H2,1-3H3,(H,20,21,22). The third kappa shape index (κ3) is 5.00. The molecule has 0 aliphatic rings. The maximum absolute atomic E-state index is 12.3. The third-order valence-electron chi connectivity index (χ3n) is 3.50. The van der Waals surface area contributed by atoms with Crippen molar-refractivity contribution < 1.29 is 4.79 Å². The average molecular weight is 389 g/mol. The number of carbonyl (C=O) groups is 1. The molecule has 0 unspecified atom stereocenters. The van der Waals surface area contributed by atoms with E-state index < -0.39 is 0 Å². The normalized spacial score (nSPS) is 11.2. The molecule has 130 valence electrons. The molecule has 0 atom stereocenters. The molecule has 0 bridgehead atoms. The first-order valence-electron chi connectivity index (χ1n) is 8.03. The highest BCUT2D eigenvalue weighted by molar-refractivity contribution is 8.00. The molecule has 0 saturated carbocycles. The Kier molecular flexibility index (Phi) is 6.04. The van der Waals surface area contributed by atoms with Crippen LogP contribution in [-0.4, -0.2) is 22.4 Å². The number of benzene rings is 2. The molecule has 3 aromatic rings. The number of fused-ring (bicyclic) bond motifs is 1. The van der Waals surface area contributed by atoms with Gasteiger partial charge in [0.2, 0.25) is 5.91 Å². The van der Waals surface area contributed by atoms with Crippen molar-refractivity contribution in [3.8, 4) is 0 Å². The summed E-state index contributed by atoms with van der Waals surface area (Å²) < 4.78 is 1.09. The van der Waals surface area contributed by atoms with Crippen molar-refractivity contribution in [2.24, 2.45) is 0 Å². The van der Waals surface area contributed by atoms with Gasteiger partial charge in [-0.15, -0.1) is 23.5 Å². The Morgan fingerprint density at radius 2 is 1.88 bits per heavy atom. The number of hydrogen-bond donors (Lipinski definition) is 1. The van der Waals surface area contributed by atoms with Crippen molar-refractivity contribution in [1.29, 1.82) is 0 Å². The number of hydrogen-bond acceptors (Lipinski definition) is 5. The van der Waals surface area contributed by atoms with Crippen molar-refractivity contribution in [2.45, 2.75) is 35.3 Å². The topological polar surface area (TPSA) is 42.0 Å². The maximum Gasteiger partial charge on any atom is 0.230 e. The summed E-state index contributed by atoms with van der Waals surface area (Å²) in [5.74, 6) is -0.0339. The minimum absolute atomic E-state index is 0.0339. The number of anilines is 1. The van der Waals surface area contributed by atoms with Crippen LogP contribution in [0.25, 0.3) is 10.2 Å². The van der Waals surface area contributed by atoms with Crippen LogP contribution in [0.2, 0.25) is 0 Å². The maximum atomic E-state index is 12.3. The van der Waals surface area contributed by atoms with Crippen molar-refractivity contribution >= 4 is 56.1 Å². The summed E-state index contributed by atoms with van der Waals surface area (Å²) >= 11 is 5.04. The highest BCUT2D eigenvalue weighted by Gasteiger charge is 2.09.